The molecule has 0 fully saturated rings. The number of thioether (sulfide) groups is 1. The summed E-state index contributed by atoms with van der Waals surface area (Å²) in [5.41, 5.74) is 6.44. The first-order valence-corrected chi connectivity index (χ1v) is 10.0. The van der Waals surface area contributed by atoms with Crippen LogP contribution in [0.4, 0.5) is 5.69 Å². The summed E-state index contributed by atoms with van der Waals surface area (Å²) in [5.74, 6) is 0.698. The summed E-state index contributed by atoms with van der Waals surface area (Å²) in [5, 5.41) is 11.3. The van der Waals surface area contributed by atoms with Gasteiger partial charge in [0, 0.05) is 17.4 Å². The van der Waals surface area contributed by atoms with Crippen LogP contribution in [0.15, 0.2) is 53.9 Å². The van der Waals surface area contributed by atoms with Crippen LogP contribution in [0.3, 0.4) is 0 Å². The van der Waals surface area contributed by atoms with Crippen molar-refractivity contribution in [3.05, 3.63) is 48.8 Å². The summed E-state index contributed by atoms with van der Waals surface area (Å²) in [7, 11) is 3.07. The minimum atomic E-state index is -0.617. The van der Waals surface area contributed by atoms with Gasteiger partial charge in [0.05, 0.1) is 20.0 Å². The molecule has 3 rings (SSSR count). The highest BCUT2D eigenvalue weighted by Gasteiger charge is 2.13. The predicted octanol–water partition coefficient (Wildman–Crippen LogP) is 1.88. The van der Waals surface area contributed by atoms with E-state index in [1.54, 1.807) is 36.2 Å². The van der Waals surface area contributed by atoms with E-state index in [1.807, 2.05) is 24.3 Å². The number of nitrogens with two attached hydrogens (primary N) is 1. The number of carbonyl (C=O) groups excluding carboxylic acids is 2. The number of nitrogens with zero attached hydrogens (tertiary/aromatic N) is 3. The summed E-state index contributed by atoms with van der Waals surface area (Å²) in [6.07, 6.45) is 1.58. The molecule has 0 unspecified atom stereocenters. The average molecular weight is 443 g/mol. The maximum Gasteiger partial charge on any atom is 0.255 e. The third kappa shape index (κ3) is 5.89. The molecule has 0 aliphatic carbocycles. The van der Waals surface area contributed by atoms with Crippen molar-refractivity contribution in [2.45, 2.75) is 5.16 Å². The molecule has 1 aromatic heterocycles. The predicted molar refractivity (Wildman–Crippen MR) is 115 cm³/mol. The minimum Gasteiger partial charge on any atom is -0.497 e. The quantitative estimate of drug-likeness (QED) is 0.454. The molecule has 0 saturated heterocycles. The third-order valence-corrected chi connectivity index (χ3v) is 4.96. The summed E-state index contributed by atoms with van der Waals surface area (Å²) >= 11 is 1.24. The molecule has 31 heavy (non-hydrogen) atoms. The van der Waals surface area contributed by atoms with E-state index in [-0.39, 0.29) is 18.3 Å². The Hall–Kier alpha value is -3.73. The molecule has 0 saturated carbocycles. The van der Waals surface area contributed by atoms with Gasteiger partial charge in [-0.1, -0.05) is 11.8 Å². The zero-order chi connectivity index (χ0) is 22.2. The van der Waals surface area contributed by atoms with Gasteiger partial charge in [-0.15, -0.1) is 10.2 Å². The number of hydrogen-bond donors (Lipinski definition) is 2. The fraction of sp³-hybridized carbons (Fsp3) is 0.200. The SMILES string of the molecule is COc1ccc(-n2cnnc2SCC(=O)Nc2ccc(OC)c(OCC(N)=O)c2)cc1. The van der Waals surface area contributed by atoms with E-state index >= 15 is 0 Å². The number of nitrogens with one attached hydrogen (secondary N) is 1. The van der Waals surface area contributed by atoms with E-state index in [1.165, 1.54) is 18.9 Å². The zero-order valence-corrected chi connectivity index (χ0v) is 17.7. The van der Waals surface area contributed by atoms with Crippen molar-refractivity contribution in [3.8, 4) is 22.9 Å². The minimum absolute atomic E-state index is 0.109. The first-order chi connectivity index (χ1) is 15.0. The van der Waals surface area contributed by atoms with Crippen LogP contribution in [0.2, 0.25) is 0 Å². The Morgan fingerprint density at radius 1 is 1.10 bits per heavy atom. The average Bonchev–Trinajstić information content (AvgIpc) is 3.25. The summed E-state index contributed by atoms with van der Waals surface area (Å²) in [6.45, 7) is -0.301. The van der Waals surface area contributed by atoms with Crippen molar-refractivity contribution in [2.75, 3.05) is 31.9 Å². The van der Waals surface area contributed by atoms with E-state index in [0.717, 1.165) is 11.4 Å². The Morgan fingerprint density at radius 2 is 1.87 bits per heavy atom. The van der Waals surface area contributed by atoms with Gasteiger partial charge in [0.1, 0.15) is 12.1 Å². The number of methoxy groups -OCH3 is 2. The van der Waals surface area contributed by atoms with E-state index < -0.39 is 5.91 Å². The topological polar surface area (TPSA) is 131 Å². The van der Waals surface area contributed by atoms with Gasteiger partial charge < -0.3 is 25.3 Å². The van der Waals surface area contributed by atoms with Crippen LogP contribution in [0.5, 0.6) is 17.2 Å². The van der Waals surface area contributed by atoms with Gasteiger partial charge in [-0.3, -0.25) is 14.2 Å². The lowest BCUT2D eigenvalue weighted by Gasteiger charge is -2.12. The second-order valence-corrected chi connectivity index (χ2v) is 7.08. The van der Waals surface area contributed by atoms with Gasteiger partial charge in [-0.25, -0.2) is 0 Å². The second-order valence-electron chi connectivity index (χ2n) is 6.14. The molecule has 3 N–H and O–H groups in total. The highest BCUT2D eigenvalue weighted by Crippen LogP contribution is 2.30. The number of aromatic nitrogens is 3. The van der Waals surface area contributed by atoms with Crippen molar-refractivity contribution in [1.29, 1.82) is 0 Å². The molecule has 0 atom stereocenters. The number of rotatable bonds is 10. The number of primary amides is 1. The molecule has 0 aliphatic rings. The number of amides is 2. The zero-order valence-electron chi connectivity index (χ0n) is 16.9. The standard InChI is InChI=1S/C20H21N5O5S/c1-28-15-6-4-14(5-7-15)25-12-22-24-20(25)31-11-19(27)23-13-3-8-16(29-2)17(9-13)30-10-18(21)26/h3-9,12H,10-11H2,1-2H3,(H2,21,26)(H,23,27). The van der Waals surface area contributed by atoms with Gasteiger partial charge in [-0.05, 0) is 36.4 Å². The van der Waals surface area contributed by atoms with Crippen molar-refractivity contribution in [1.82, 2.24) is 14.8 Å². The van der Waals surface area contributed by atoms with Gasteiger partial charge >= 0.3 is 0 Å². The number of benzene rings is 2. The van der Waals surface area contributed by atoms with Gasteiger partial charge in [0.15, 0.2) is 23.3 Å². The summed E-state index contributed by atoms with van der Waals surface area (Å²) in [6, 6.07) is 12.3. The molecule has 162 valence electrons. The van der Waals surface area contributed by atoms with E-state index in [0.29, 0.717) is 22.3 Å². The number of anilines is 1. The molecule has 0 aliphatic heterocycles. The third-order valence-electron chi connectivity index (χ3n) is 4.02. The monoisotopic (exact) mass is 443 g/mol. The fourth-order valence-electron chi connectivity index (χ4n) is 2.59. The lowest BCUT2D eigenvalue weighted by atomic mass is 10.2. The van der Waals surface area contributed by atoms with Crippen molar-refractivity contribution in [3.63, 3.8) is 0 Å². The van der Waals surface area contributed by atoms with Crippen LogP contribution in [-0.4, -0.2) is 53.2 Å². The van der Waals surface area contributed by atoms with Gasteiger partial charge in [0.25, 0.3) is 5.91 Å². The Morgan fingerprint density at radius 3 is 2.55 bits per heavy atom. The molecule has 10 nitrogen and oxygen atoms in total. The van der Waals surface area contributed by atoms with Crippen LogP contribution in [0.1, 0.15) is 0 Å². The van der Waals surface area contributed by atoms with Crippen LogP contribution in [-0.2, 0) is 9.59 Å². The Labute approximate surface area is 182 Å². The molecular formula is C20H21N5O5S. The molecule has 11 heteroatoms. The molecule has 2 aromatic carbocycles. The van der Waals surface area contributed by atoms with Crippen LogP contribution in [0.25, 0.3) is 5.69 Å². The Balaban J connectivity index is 1.62. The Bertz CT molecular complexity index is 1050. The largest absolute Gasteiger partial charge is 0.497 e. The second kappa shape index (κ2) is 10.3. The number of carbonyl (C=O) groups is 2. The Kier molecular flexibility index (Phi) is 7.33. The molecule has 0 radical (unpaired) electrons. The van der Waals surface area contributed by atoms with Gasteiger partial charge in [0.2, 0.25) is 5.91 Å². The lowest BCUT2D eigenvalue weighted by Crippen LogP contribution is -2.20. The van der Waals surface area contributed by atoms with Crippen LogP contribution in [0, 0.1) is 0 Å². The molecular weight excluding hydrogens is 422 g/mol. The van der Waals surface area contributed by atoms with E-state index in [2.05, 4.69) is 15.5 Å². The molecule has 3 aromatic rings. The van der Waals surface area contributed by atoms with Crippen LogP contribution >= 0.6 is 11.8 Å². The maximum absolute atomic E-state index is 12.4. The van der Waals surface area contributed by atoms with Crippen LogP contribution < -0.4 is 25.3 Å². The van der Waals surface area contributed by atoms with Crippen molar-refractivity contribution < 1.29 is 23.8 Å². The fourth-order valence-corrected chi connectivity index (χ4v) is 3.31. The first-order valence-electron chi connectivity index (χ1n) is 9.06. The first kappa shape index (κ1) is 22.0. The van der Waals surface area contributed by atoms with Crippen molar-refractivity contribution in [2.24, 2.45) is 5.73 Å². The molecule has 1 heterocycles. The van der Waals surface area contributed by atoms with E-state index in [9.17, 15) is 9.59 Å². The number of hydrogen-bond acceptors (Lipinski definition) is 8. The van der Waals surface area contributed by atoms with Crippen molar-refractivity contribution >= 4 is 29.3 Å². The maximum atomic E-state index is 12.4. The highest BCUT2D eigenvalue weighted by molar-refractivity contribution is 7.99. The number of ether oxygens (including phenoxy) is 3. The lowest BCUT2D eigenvalue weighted by molar-refractivity contribution is -0.120. The van der Waals surface area contributed by atoms with Gasteiger partial charge in [-0.2, -0.15) is 0 Å². The summed E-state index contributed by atoms with van der Waals surface area (Å²) in [4.78, 5) is 23.4. The van der Waals surface area contributed by atoms with E-state index in [4.69, 9.17) is 19.9 Å². The molecule has 2 amide bonds. The smallest absolute Gasteiger partial charge is 0.255 e. The summed E-state index contributed by atoms with van der Waals surface area (Å²) < 4.78 is 17.5. The normalized spacial score (nSPS) is 10.4. The molecule has 0 bridgehead atoms. The molecule has 0 spiro atoms. The highest BCUT2D eigenvalue weighted by atomic mass is 32.2.